The highest BCUT2D eigenvalue weighted by Crippen LogP contribution is 2.24. The lowest BCUT2D eigenvalue weighted by atomic mass is 10.2. The van der Waals surface area contributed by atoms with Crippen LogP contribution in [0.2, 0.25) is 0 Å². The molecule has 2 aromatic carbocycles. The second kappa shape index (κ2) is 6.31. The molecule has 100 valence electrons. The topological polar surface area (TPSA) is 76.0 Å². The molecule has 0 bridgehead atoms. The average Bonchev–Trinajstić information content (AvgIpc) is 2.46. The van der Waals surface area contributed by atoms with Gasteiger partial charge in [0.2, 0.25) is 6.08 Å². The minimum atomic E-state index is -0.645. The van der Waals surface area contributed by atoms with E-state index in [1.165, 1.54) is 24.3 Å². The maximum atomic E-state index is 11.8. The van der Waals surface area contributed by atoms with Gasteiger partial charge in [-0.2, -0.15) is 4.99 Å². The molecule has 0 aliphatic rings. The Morgan fingerprint density at radius 3 is 2.60 bits per heavy atom. The molecule has 2 aromatic rings. The van der Waals surface area contributed by atoms with E-state index in [1.807, 2.05) is 30.3 Å². The first-order valence-electron chi connectivity index (χ1n) is 5.82. The Morgan fingerprint density at radius 1 is 1.20 bits per heavy atom. The van der Waals surface area contributed by atoms with E-state index in [0.29, 0.717) is 0 Å². The molecule has 0 atom stereocenters. The van der Waals surface area contributed by atoms with Crippen LogP contribution in [0.4, 0.5) is 5.69 Å². The third-order valence-corrected chi connectivity index (χ3v) is 2.59. The number of nitrogens with zero attached hydrogens (tertiary/aromatic N) is 1. The number of aliphatic imine (C=N–C) groups is 1. The second-order valence-electron chi connectivity index (χ2n) is 3.97. The zero-order valence-corrected chi connectivity index (χ0v) is 10.4. The Balaban J connectivity index is 2.08. The molecule has 0 heterocycles. The predicted octanol–water partition coefficient (Wildman–Crippen LogP) is 2.72. The first kappa shape index (κ1) is 13.5. The third-order valence-electron chi connectivity index (χ3n) is 2.59. The SMILES string of the molecule is O=C=Nc1ccc(C(=O)OCc2ccccc2)c(O)c1. The van der Waals surface area contributed by atoms with Gasteiger partial charge in [-0.15, -0.1) is 0 Å². The molecule has 0 aliphatic heterocycles. The summed E-state index contributed by atoms with van der Waals surface area (Å²) in [6.07, 6.45) is 1.35. The number of benzene rings is 2. The summed E-state index contributed by atoms with van der Waals surface area (Å²) in [6, 6.07) is 13.2. The highest BCUT2D eigenvalue weighted by Gasteiger charge is 2.13. The minimum absolute atomic E-state index is 0.0192. The van der Waals surface area contributed by atoms with Crippen LogP contribution in [-0.2, 0) is 16.1 Å². The van der Waals surface area contributed by atoms with Crippen LogP contribution in [0.15, 0.2) is 53.5 Å². The van der Waals surface area contributed by atoms with Crippen LogP contribution in [0.1, 0.15) is 15.9 Å². The maximum absolute atomic E-state index is 11.8. The van der Waals surface area contributed by atoms with Gasteiger partial charge in [0.1, 0.15) is 17.9 Å². The number of rotatable bonds is 4. The van der Waals surface area contributed by atoms with Crippen molar-refractivity contribution in [1.29, 1.82) is 0 Å². The van der Waals surface area contributed by atoms with Crippen LogP contribution in [0, 0.1) is 0 Å². The molecule has 1 N–H and O–H groups in total. The highest BCUT2D eigenvalue weighted by atomic mass is 16.5. The summed E-state index contributed by atoms with van der Waals surface area (Å²) in [5.74, 6) is -0.937. The molecule has 20 heavy (non-hydrogen) atoms. The molecular weight excluding hydrogens is 258 g/mol. The van der Waals surface area contributed by atoms with Gasteiger partial charge in [0.05, 0.1) is 5.69 Å². The number of hydrogen-bond acceptors (Lipinski definition) is 5. The molecule has 5 nitrogen and oxygen atoms in total. The molecule has 0 spiro atoms. The van der Waals surface area contributed by atoms with Crippen molar-refractivity contribution in [2.45, 2.75) is 6.61 Å². The van der Waals surface area contributed by atoms with E-state index in [2.05, 4.69) is 4.99 Å². The number of aromatic hydroxyl groups is 1. The first-order chi connectivity index (χ1) is 9.70. The lowest BCUT2D eigenvalue weighted by Gasteiger charge is -2.06. The molecular formula is C15H11NO4. The fourth-order valence-corrected chi connectivity index (χ4v) is 1.62. The molecule has 0 aromatic heterocycles. The monoisotopic (exact) mass is 269 g/mol. The fourth-order valence-electron chi connectivity index (χ4n) is 1.62. The van der Waals surface area contributed by atoms with Crippen molar-refractivity contribution in [2.24, 2.45) is 4.99 Å². The standard InChI is InChI=1S/C15H11NO4/c17-10-16-12-6-7-13(14(18)8-12)15(19)20-9-11-4-2-1-3-5-11/h1-8,18H,9H2. The maximum Gasteiger partial charge on any atom is 0.342 e. The Morgan fingerprint density at radius 2 is 1.95 bits per heavy atom. The second-order valence-corrected chi connectivity index (χ2v) is 3.97. The van der Waals surface area contributed by atoms with Crippen LogP contribution < -0.4 is 0 Å². The molecule has 5 heteroatoms. The molecule has 2 rings (SSSR count). The smallest absolute Gasteiger partial charge is 0.342 e. The van der Waals surface area contributed by atoms with Gasteiger partial charge in [0.25, 0.3) is 0 Å². The fraction of sp³-hybridized carbons (Fsp3) is 0.0667. The van der Waals surface area contributed by atoms with Crippen molar-refractivity contribution in [3.05, 3.63) is 59.7 Å². The van der Waals surface area contributed by atoms with Crippen molar-refractivity contribution in [3.8, 4) is 5.75 Å². The molecule has 0 saturated carbocycles. The molecule has 0 amide bonds. The Kier molecular flexibility index (Phi) is 4.27. The van der Waals surface area contributed by atoms with Crippen molar-refractivity contribution < 1.29 is 19.4 Å². The van der Waals surface area contributed by atoms with Gasteiger partial charge in [-0.05, 0) is 17.7 Å². The number of isocyanates is 1. The quantitative estimate of drug-likeness (QED) is 0.526. The molecule has 0 aliphatic carbocycles. The summed E-state index contributed by atoms with van der Waals surface area (Å²) >= 11 is 0. The van der Waals surface area contributed by atoms with E-state index in [0.717, 1.165) is 5.56 Å². The normalized spacial score (nSPS) is 9.60. The van der Waals surface area contributed by atoms with Crippen LogP contribution in [-0.4, -0.2) is 17.2 Å². The number of carbonyl (C=O) groups excluding carboxylic acids is 2. The number of phenolic OH excluding ortho intramolecular Hbond substituents is 1. The highest BCUT2D eigenvalue weighted by molar-refractivity contribution is 5.92. The van der Waals surface area contributed by atoms with Crippen molar-refractivity contribution in [2.75, 3.05) is 0 Å². The lowest BCUT2D eigenvalue weighted by Crippen LogP contribution is -2.05. The molecule has 0 fully saturated rings. The van der Waals surface area contributed by atoms with Gasteiger partial charge >= 0.3 is 5.97 Å². The molecule has 0 radical (unpaired) electrons. The van der Waals surface area contributed by atoms with E-state index in [9.17, 15) is 14.7 Å². The van der Waals surface area contributed by atoms with E-state index in [1.54, 1.807) is 0 Å². The van der Waals surface area contributed by atoms with Crippen molar-refractivity contribution in [1.82, 2.24) is 0 Å². The largest absolute Gasteiger partial charge is 0.507 e. The van der Waals surface area contributed by atoms with E-state index < -0.39 is 5.97 Å². The lowest BCUT2D eigenvalue weighted by molar-refractivity contribution is 0.0469. The summed E-state index contributed by atoms with van der Waals surface area (Å²) < 4.78 is 5.09. The summed E-state index contributed by atoms with van der Waals surface area (Å²) in [5.41, 5.74) is 1.09. The number of hydrogen-bond donors (Lipinski definition) is 1. The Hall–Kier alpha value is -2.91. The van der Waals surface area contributed by atoms with Crippen LogP contribution in [0.3, 0.4) is 0 Å². The average molecular weight is 269 g/mol. The summed E-state index contributed by atoms with van der Waals surface area (Å²) in [7, 11) is 0. The van der Waals surface area contributed by atoms with Gasteiger partial charge in [-0.1, -0.05) is 30.3 Å². The first-order valence-corrected chi connectivity index (χ1v) is 5.82. The van der Waals surface area contributed by atoms with Gasteiger partial charge in [-0.3, -0.25) is 0 Å². The Bertz CT molecular complexity index is 661. The van der Waals surface area contributed by atoms with E-state index in [-0.39, 0.29) is 23.6 Å². The van der Waals surface area contributed by atoms with Gasteiger partial charge < -0.3 is 9.84 Å². The number of ether oxygens (including phenoxy) is 1. The van der Waals surface area contributed by atoms with E-state index >= 15 is 0 Å². The number of carbonyl (C=O) groups is 1. The molecule has 0 unspecified atom stereocenters. The number of esters is 1. The zero-order chi connectivity index (χ0) is 14.4. The van der Waals surface area contributed by atoms with Crippen LogP contribution in [0.25, 0.3) is 0 Å². The third kappa shape index (κ3) is 3.31. The molecule has 0 saturated heterocycles. The van der Waals surface area contributed by atoms with Crippen LogP contribution in [0.5, 0.6) is 5.75 Å². The predicted molar refractivity (Wildman–Crippen MR) is 71.4 cm³/mol. The van der Waals surface area contributed by atoms with Crippen molar-refractivity contribution in [3.63, 3.8) is 0 Å². The van der Waals surface area contributed by atoms with Gasteiger partial charge in [0, 0.05) is 6.07 Å². The summed E-state index contributed by atoms with van der Waals surface area (Å²) in [6.45, 7) is 0.118. The van der Waals surface area contributed by atoms with Crippen molar-refractivity contribution >= 4 is 17.7 Å². The summed E-state index contributed by atoms with van der Waals surface area (Å²) in [5, 5.41) is 9.69. The van der Waals surface area contributed by atoms with Crippen LogP contribution >= 0.6 is 0 Å². The number of phenols is 1. The minimum Gasteiger partial charge on any atom is -0.507 e. The van der Waals surface area contributed by atoms with E-state index in [4.69, 9.17) is 4.74 Å². The van der Waals surface area contributed by atoms with Gasteiger partial charge in [-0.25, -0.2) is 9.59 Å². The summed E-state index contributed by atoms with van der Waals surface area (Å²) in [4.78, 5) is 25.3. The Labute approximate surface area is 115 Å². The zero-order valence-electron chi connectivity index (χ0n) is 10.4. The van der Waals surface area contributed by atoms with Gasteiger partial charge in [0.15, 0.2) is 0 Å².